The van der Waals surface area contributed by atoms with Gasteiger partial charge in [0, 0.05) is 37.0 Å². The Morgan fingerprint density at radius 2 is 1.89 bits per heavy atom. The molecular formula is C31H32N6O. The molecule has 0 bridgehead atoms. The van der Waals surface area contributed by atoms with Crippen molar-refractivity contribution in [3.63, 3.8) is 0 Å². The first-order valence-corrected chi connectivity index (χ1v) is 13.0. The minimum atomic E-state index is -0.451. The molecule has 7 heteroatoms. The zero-order valence-corrected chi connectivity index (χ0v) is 22.3. The Bertz CT molecular complexity index is 1600. The van der Waals surface area contributed by atoms with Gasteiger partial charge in [-0.05, 0) is 60.1 Å². The summed E-state index contributed by atoms with van der Waals surface area (Å²) in [5.74, 6) is 4.44. The summed E-state index contributed by atoms with van der Waals surface area (Å²) in [4.78, 5) is 27.8. The number of hydrogen-bond donors (Lipinski definition) is 1. The van der Waals surface area contributed by atoms with Crippen LogP contribution in [-0.4, -0.2) is 37.9 Å². The van der Waals surface area contributed by atoms with Crippen molar-refractivity contribution in [2.45, 2.75) is 57.7 Å². The van der Waals surface area contributed by atoms with Crippen LogP contribution in [0.2, 0.25) is 0 Å². The highest BCUT2D eigenvalue weighted by Gasteiger charge is 2.49. The molecule has 2 aromatic carbocycles. The number of carbonyl (C=O) groups excluding carboxylic acids is 1. The third kappa shape index (κ3) is 3.71. The first kappa shape index (κ1) is 24.3. The number of nitrogens with zero attached hydrogens (tertiary/aromatic N) is 5. The van der Waals surface area contributed by atoms with Gasteiger partial charge in [-0.2, -0.15) is 0 Å². The smallest absolute Gasteiger partial charge is 0.210 e. The third-order valence-corrected chi connectivity index (χ3v) is 8.26. The average molecular weight is 505 g/mol. The quantitative estimate of drug-likeness (QED) is 0.309. The fraction of sp³-hybridized carbons (Fsp3) is 0.355. The maximum atomic E-state index is 11.8. The number of aryl methyl sites for hydroxylation is 1. The highest BCUT2D eigenvalue weighted by atomic mass is 16.1. The van der Waals surface area contributed by atoms with Crippen molar-refractivity contribution < 1.29 is 4.79 Å². The number of terminal acetylenes is 1. The lowest BCUT2D eigenvalue weighted by atomic mass is 9.59. The summed E-state index contributed by atoms with van der Waals surface area (Å²) in [5, 5.41) is 0. The lowest BCUT2D eigenvalue weighted by molar-refractivity contribution is -0.119. The standard InChI is InChI=1S/C31H32N6O/c1-6-20-9-7-8-19(2)27(20)25-13-26(36(5)18-38)28-35-23-11-10-21(12-24(23)37(25)28)22-14-33-29(34-15-22)31(32)16-30(3,4)17-31/h1,7-12,14-15,18,25-26H,13,16-17,32H2,2-5H3. The van der Waals surface area contributed by atoms with E-state index in [-0.39, 0.29) is 17.5 Å². The molecule has 38 heavy (non-hydrogen) atoms. The minimum absolute atomic E-state index is 0.0393. The lowest BCUT2D eigenvalue weighted by Gasteiger charge is -2.49. The molecule has 1 amide bonds. The van der Waals surface area contributed by atoms with Gasteiger partial charge < -0.3 is 15.2 Å². The van der Waals surface area contributed by atoms with Crippen LogP contribution in [-0.2, 0) is 10.3 Å². The number of rotatable bonds is 5. The van der Waals surface area contributed by atoms with Crippen molar-refractivity contribution >= 4 is 17.4 Å². The second-order valence-corrected chi connectivity index (χ2v) is 11.7. The molecule has 3 heterocycles. The maximum absolute atomic E-state index is 11.8. The molecule has 6 rings (SSSR count). The van der Waals surface area contributed by atoms with Crippen molar-refractivity contribution in [1.29, 1.82) is 0 Å². The molecule has 0 spiro atoms. The zero-order chi connectivity index (χ0) is 26.8. The molecule has 7 nitrogen and oxygen atoms in total. The Kier molecular flexibility index (Phi) is 5.44. The molecule has 0 saturated heterocycles. The van der Waals surface area contributed by atoms with Crippen molar-refractivity contribution in [1.82, 2.24) is 24.4 Å². The summed E-state index contributed by atoms with van der Waals surface area (Å²) in [7, 11) is 1.81. The van der Waals surface area contributed by atoms with Gasteiger partial charge in [-0.1, -0.05) is 38.0 Å². The number of fused-ring (bicyclic) bond motifs is 3. The molecule has 192 valence electrons. The number of carbonyl (C=O) groups is 1. The summed E-state index contributed by atoms with van der Waals surface area (Å²) in [6.45, 7) is 6.53. The van der Waals surface area contributed by atoms with Gasteiger partial charge in [-0.3, -0.25) is 4.79 Å². The predicted molar refractivity (Wildman–Crippen MR) is 148 cm³/mol. The van der Waals surface area contributed by atoms with E-state index in [1.54, 1.807) is 11.9 Å². The topological polar surface area (TPSA) is 89.9 Å². The number of nitrogens with two attached hydrogens (primary N) is 1. The van der Waals surface area contributed by atoms with Crippen LogP contribution in [0.4, 0.5) is 0 Å². The Morgan fingerprint density at radius 1 is 1.16 bits per heavy atom. The molecule has 1 aliphatic carbocycles. The van der Waals surface area contributed by atoms with E-state index in [1.807, 2.05) is 36.7 Å². The minimum Gasteiger partial charge on any atom is -0.338 e. The Morgan fingerprint density at radius 3 is 2.55 bits per heavy atom. The Hall–Kier alpha value is -4.02. The summed E-state index contributed by atoms with van der Waals surface area (Å²) >= 11 is 0. The molecule has 1 saturated carbocycles. The molecule has 2 aliphatic rings. The van der Waals surface area contributed by atoms with Crippen LogP contribution in [0.3, 0.4) is 0 Å². The van der Waals surface area contributed by atoms with Gasteiger partial charge in [-0.15, -0.1) is 6.42 Å². The van der Waals surface area contributed by atoms with E-state index in [2.05, 4.69) is 53.4 Å². The first-order chi connectivity index (χ1) is 18.1. The van der Waals surface area contributed by atoms with Crippen LogP contribution < -0.4 is 5.73 Å². The van der Waals surface area contributed by atoms with Crippen molar-refractivity contribution in [2.24, 2.45) is 11.1 Å². The SMILES string of the molecule is C#Cc1cccc(C)c1C1CC(N(C)C=O)c2nc3ccc(-c4cnc(C5(N)CC(C)(C)C5)nc4)cc3n21. The van der Waals surface area contributed by atoms with Crippen LogP contribution in [0.25, 0.3) is 22.2 Å². The number of hydrogen-bond acceptors (Lipinski definition) is 5. The van der Waals surface area contributed by atoms with E-state index in [9.17, 15) is 4.79 Å². The van der Waals surface area contributed by atoms with Crippen LogP contribution in [0.5, 0.6) is 0 Å². The summed E-state index contributed by atoms with van der Waals surface area (Å²) in [6, 6.07) is 12.1. The second kappa shape index (κ2) is 8.50. The van der Waals surface area contributed by atoms with Gasteiger partial charge in [0.05, 0.1) is 28.7 Å². The van der Waals surface area contributed by atoms with Crippen LogP contribution in [0, 0.1) is 24.7 Å². The first-order valence-electron chi connectivity index (χ1n) is 13.0. The normalized spacial score (nSPS) is 20.9. The van der Waals surface area contributed by atoms with E-state index in [1.165, 1.54) is 0 Å². The fourth-order valence-corrected chi connectivity index (χ4v) is 6.74. The Labute approximate surface area is 223 Å². The number of benzene rings is 2. The summed E-state index contributed by atoms with van der Waals surface area (Å²) in [5.41, 5.74) is 13.3. The molecule has 2 aromatic heterocycles. The van der Waals surface area contributed by atoms with Gasteiger partial charge in [0.25, 0.3) is 0 Å². The predicted octanol–water partition coefficient (Wildman–Crippen LogP) is 4.88. The largest absolute Gasteiger partial charge is 0.338 e. The summed E-state index contributed by atoms with van der Waals surface area (Å²) < 4.78 is 2.26. The van der Waals surface area contributed by atoms with Crippen LogP contribution in [0.1, 0.15) is 73.5 Å². The van der Waals surface area contributed by atoms with Gasteiger partial charge in [0.1, 0.15) is 11.6 Å². The maximum Gasteiger partial charge on any atom is 0.210 e. The fourth-order valence-electron chi connectivity index (χ4n) is 6.74. The average Bonchev–Trinajstić information content (AvgIpc) is 3.44. The molecule has 4 aromatic rings. The molecule has 2 N–H and O–H groups in total. The van der Waals surface area contributed by atoms with Crippen molar-refractivity contribution in [2.75, 3.05) is 7.05 Å². The monoisotopic (exact) mass is 504 g/mol. The van der Waals surface area contributed by atoms with E-state index in [0.29, 0.717) is 12.2 Å². The van der Waals surface area contributed by atoms with E-state index >= 15 is 0 Å². The van der Waals surface area contributed by atoms with Crippen molar-refractivity contribution in [3.05, 3.63) is 77.1 Å². The number of amides is 1. The molecule has 2 unspecified atom stereocenters. The van der Waals surface area contributed by atoms with Crippen LogP contribution >= 0.6 is 0 Å². The van der Waals surface area contributed by atoms with Crippen LogP contribution in [0.15, 0.2) is 48.8 Å². The molecule has 0 radical (unpaired) electrons. The number of imidazole rings is 1. The lowest BCUT2D eigenvalue weighted by Crippen LogP contribution is -2.54. The highest BCUT2D eigenvalue weighted by molar-refractivity contribution is 5.83. The van der Waals surface area contributed by atoms with E-state index in [0.717, 1.165) is 63.9 Å². The summed E-state index contributed by atoms with van der Waals surface area (Å²) in [6.07, 6.45) is 13.0. The molecular weight excluding hydrogens is 472 g/mol. The van der Waals surface area contributed by atoms with Gasteiger partial charge in [-0.25, -0.2) is 15.0 Å². The molecule has 1 fully saturated rings. The van der Waals surface area contributed by atoms with Gasteiger partial charge >= 0.3 is 0 Å². The van der Waals surface area contributed by atoms with E-state index in [4.69, 9.17) is 17.1 Å². The zero-order valence-electron chi connectivity index (χ0n) is 22.3. The van der Waals surface area contributed by atoms with E-state index < -0.39 is 5.54 Å². The third-order valence-electron chi connectivity index (χ3n) is 8.26. The number of aromatic nitrogens is 4. The molecule has 1 aliphatic heterocycles. The Balaban J connectivity index is 1.45. The highest BCUT2D eigenvalue weighted by Crippen LogP contribution is 2.51. The second-order valence-electron chi connectivity index (χ2n) is 11.7. The van der Waals surface area contributed by atoms with Gasteiger partial charge in [0.15, 0.2) is 0 Å². The van der Waals surface area contributed by atoms with Gasteiger partial charge in [0.2, 0.25) is 6.41 Å². The van der Waals surface area contributed by atoms with Crippen molar-refractivity contribution in [3.8, 4) is 23.5 Å². The molecule has 2 atom stereocenters.